The summed E-state index contributed by atoms with van der Waals surface area (Å²) in [6.07, 6.45) is 3.51. The zero-order chi connectivity index (χ0) is 22.5. The molecule has 1 N–H and O–H groups in total. The molecule has 2 heterocycles. The number of hydrogen-bond donors (Lipinski definition) is 1. The van der Waals surface area contributed by atoms with Crippen LogP contribution >= 0.6 is 12.4 Å². The maximum atomic E-state index is 12.9. The predicted octanol–water partition coefficient (Wildman–Crippen LogP) is 3.98. The molecule has 2 aromatic rings. The molecule has 0 radical (unpaired) electrons. The van der Waals surface area contributed by atoms with Gasteiger partial charge in [0.15, 0.2) is 5.78 Å². The third-order valence-electron chi connectivity index (χ3n) is 6.47. The van der Waals surface area contributed by atoms with Crippen molar-refractivity contribution in [2.45, 2.75) is 39.0 Å². The maximum absolute atomic E-state index is 12.9. The summed E-state index contributed by atoms with van der Waals surface area (Å²) in [5.41, 5.74) is 4.58. The van der Waals surface area contributed by atoms with E-state index in [0.29, 0.717) is 37.9 Å². The third-order valence-corrected chi connectivity index (χ3v) is 6.47. The van der Waals surface area contributed by atoms with Crippen molar-refractivity contribution >= 4 is 35.7 Å². The fourth-order valence-corrected chi connectivity index (χ4v) is 4.41. The summed E-state index contributed by atoms with van der Waals surface area (Å²) in [4.78, 5) is 41.1. The van der Waals surface area contributed by atoms with Crippen molar-refractivity contribution in [3.05, 3.63) is 64.7 Å². The molecule has 2 aromatic carbocycles. The van der Waals surface area contributed by atoms with Gasteiger partial charge in [-0.3, -0.25) is 19.3 Å². The number of Topliss-reactive ketones (excluding diaryl/α,β-unsaturated/α-hetero) is 1. The van der Waals surface area contributed by atoms with Gasteiger partial charge in [0.2, 0.25) is 5.91 Å². The van der Waals surface area contributed by atoms with Crippen LogP contribution in [0.25, 0.3) is 0 Å². The van der Waals surface area contributed by atoms with Crippen LogP contribution in [0.5, 0.6) is 0 Å². The number of hydrogen-bond acceptors (Lipinski definition) is 4. The highest BCUT2D eigenvalue weighted by Gasteiger charge is 2.23. The standard InChI is InChI=1S/C26H31N3O3.ClH/c1-2-19-5-7-20(8-6-19)24(30)4-3-13-28-14-16-29(17-15-28)26(32)22-9-11-23-21(18-22)10-12-25(31)27-23;/h5-9,11,18H,2-4,10,12-17H2,1H3,(H,27,31);1H. The number of ketones is 1. The Bertz CT molecular complexity index is 998. The van der Waals surface area contributed by atoms with Gasteiger partial charge in [0, 0.05) is 55.8 Å². The Hall–Kier alpha value is -2.70. The summed E-state index contributed by atoms with van der Waals surface area (Å²) in [5.74, 6) is 0.281. The van der Waals surface area contributed by atoms with E-state index in [-0.39, 0.29) is 30.0 Å². The van der Waals surface area contributed by atoms with E-state index in [1.807, 2.05) is 41.3 Å². The van der Waals surface area contributed by atoms with Crippen LogP contribution in [0.2, 0.25) is 0 Å². The van der Waals surface area contributed by atoms with E-state index in [4.69, 9.17) is 0 Å². The first kappa shape index (κ1) is 24.9. The average Bonchev–Trinajstić information content (AvgIpc) is 2.83. The molecule has 0 bridgehead atoms. The number of piperazine rings is 1. The van der Waals surface area contributed by atoms with Crippen molar-refractivity contribution in [3.63, 3.8) is 0 Å². The van der Waals surface area contributed by atoms with Crippen LogP contribution < -0.4 is 5.32 Å². The summed E-state index contributed by atoms with van der Waals surface area (Å²) in [6, 6.07) is 13.5. The van der Waals surface area contributed by atoms with Crippen LogP contribution in [0, 0.1) is 0 Å². The summed E-state index contributed by atoms with van der Waals surface area (Å²) in [7, 11) is 0. The number of nitrogens with zero attached hydrogens (tertiary/aromatic N) is 2. The molecule has 4 rings (SSSR count). The first-order chi connectivity index (χ1) is 15.5. The predicted molar refractivity (Wildman–Crippen MR) is 132 cm³/mol. The molecule has 6 nitrogen and oxygen atoms in total. The Morgan fingerprint density at radius 2 is 1.64 bits per heavy atom. The molecule has 2 aliphatic heterocycles. The molecular formula is C26H32ClN3O3. The molecule has 2 aliphatic rings. The Labute approximate surface area is 201 Å². The van der Waals surface area contributed by atoms with Crippen LogP contribution in [0.4, 0.5) is 5.69 Å². The molecule has 0 spiro atoms. The lowest BCUT2D eigenvalue weighted by Crippen LogP contribution is -2.48. The summed E-state index contributed by atoms with van der Waals surface area (Å²) in [6.45, 7) is 6.02. The third kappa shape index (κ3) is 6.21. The molecule has 1 fully saturated rings. The summed E-state index contributed by atoms with van der Waals surface area (Å²) >= 11 is 0. The molecule has 33 heavy (non-hydrogen) atoms. The van der Waals surface area contributed by atoms with Crippen molar-refractivity contribution in [1.29, 1.82) is 0 Å². The molecular weight excluding hydrogens is 438 g/mol. The minimum atomic E-state index is 0. The maximum Gasteiger partial charge on any atom is 0.253 e. The van der Waals surface area contributed by atoms with Crippen LogP contribution in [0.1, 0.15) is 58.0 Å². The van der Waals surface area contributed by atoms with Crippen LogP contribution in [-0.4, -0.2) is 60.1 Å². The van der Waals surface area contributed by atoms with Crippen LogP contribution in [-0.2, 0) is 17.6 Å². The van der Waals surface area contributed by atoms with E-state index in [0.717, 1.165) is 49.3 Å². The number of rotatable bonds is 7. The highest BCUT2D eigenvalue weighted by molar-refractivity contribution is 5.98. The monoisotopic (exact) mass is 469 g/mol. The molecule has 0 saturated carbocycles. The van der Waals surface area contributed by atoms with Gasteiger partial charge in [-0.2, -0.15) is 0 Å². The molecule has 7 heteroatoms. The van der Waals surface area contributed by atoms with Crippen molar-refractivity contribution in [3.8, 4) is 0 Å². The molecule has 1 saturated heterocycles. The van der Waals surface area contributed by atoms with E-state index >= 15 is 0 Å². The SMILES string of the molecule is CCc1ccc(C(=O)CCCN2CCN(C(=O)c3ccc4c(c3)CCC(=O)N4)CC2)cc1.Cl. The van der Waals surface area contributed by atoms with Crippen molar-refractivity contribution < 1.29 is 14.4 Å². The highest BCUT2D eigenvalue weighted by atomic mass is 35.5. The summed E-state index contributed by atoms with van der Waals surface area (Å²) in [5, 5.41) is 2.86. The minimum absolute atomic E-state index is 0. The van der Waals surface area contributed by atoms with E-state index < -0.39 is 0 Å². The Kier molecular flexibility index (Phi) is 8.64. The van der Waals surface area contributed by atoms with Gasteiger partial charge in [0.25, 0.3) is 5.91 Å². The lowest BCUT2D eigenvalue weighted by atomic mass is 10.00. The van der Waals surface area contributed by atoms with Gasteiger partial charge in [-0.25, -0.2) is 0 Å². The molecule has 2 amide bonds. The Morgan fingerprint density at radius 1 is 0.939 bits per heavy atom. The zero-order valence-electron chi connectivity index (χ0n) is 19.1. The van der Waals surface area contributed by atoms with Gasteiger partial charge < -0.3 is 10.2 Å². The van der Waals surface area contributed by atoms with E-state index in [9.17, 15) is 14.4 Å². The molecule has 0 aromatic heterocycles. The fraction of sp³-hybridized carbons (Fsp3) is 0.423. The lowest BCUT2D eigenvalue weighted by Gasteiger charge is -2.35. The Balaban J connectivity index is 0.00000306. The normalized spacial score (nSPS) is 15.9. The first-order valence-electron chi connectivity index (χ1n) is 11.6. The van der Waals surface area contributed by atoms with Crippen molar-refractivity contribution in [1.82, 2.24) is 9.80 Å². The second kappa shape index (κ2) is 11.4. The van der Waals surface area contributed by atoms with Crippen LogP contribution in [0.3, 0.4) is 0 Å². The van der Waals surface area contributed by atoms with Gasteiger partial charge in [0.1, 0.15) is 0 Å². The summed E-state index contributed by atoms with van der Waals surface area (Å²) < 4.78 is 0. The fourth-order valence-electron chi connectivity index (χ4n) is 4.41. The second-order valence-corrected chi connectivity index (χ2v) is 8.63. The molecule has 176 valence electrons. The Morgan fingerprint density at radius 3 is 2.33 bits per heavy atom. The van der Waals surface area contributed by atoms with E-state index in [2.05, 4.69) is 17.1 Å². The highest BCUT2D eigenvalue weighted by Crippen LogP contribution is 2.24. The lowest BCUT2D eigenvalue weighted by molar-refractivity contribution is -0.116. The quantitative estimate of drug-likeness (QED) is 0.623. The molecule has 0 aliphatic carbocycles. The van der Waals surface area contributed by atoms with Crippen molar-refractivity contribution in [2.75, 3.05) is 38.0 Å². The molecule has 0 unspecified atom stereocenters. The van der Waals surface area contributed by atoms with Gasteiger partial charge >= 0.3 is 0 Å². The second-order valence-electron chi connectivity index (χ2n) is 8.63. The smallest absolute Gasteiger partial charge is 0.253 e. The minimum Gasteiger partial charge on any atom is -0.336 e. The molecule has 0 atom stereocenters. The van der Waals surface area contributed by atoms with Gasteiger partial charge in [0.05, 0.1) is 0 Å². The van der Waals surface area contributed by atoms with E-state index in [1.54, 1.807) is 6.07 Å². The largest absolute Gasteiger partial charge is 0.336 e. The topological polar surface area (TPSA) is 69.7 Å². The van der Waals surface area contributed by atoms with Crippen molar-refractivity contribution in [2.24, 2.45) is 0 Å². The number of nitrogens with one attached hydrogen (secondary N) is 1. The van der Waals surface area contributed by atoms with Gasteiger partial charge in [-0.1, -0.05) is 31.2 Å². The van der Waals surface area contributed by atoms with E-state index in [1.165, 1.54) is 5.56 Å². The average molecular weight is 470 g/mol. The first-order valence-corrected chi connectivity index (χ1v) is 11.6. The number of amides is 2. The number of anilines is 1. The number of aryl methyl sites for hydroxylation is 2. The number of benzene rings is 2. The van der Waals surface area contributed by atoms with Crippen LogP contribution in [0.15, 0.2) is 42.5 Å². The zero-order valence-corrected chi connectivity index (χ0v) is 20.0. The number of carbonyl (C=O) groups excluding carboxylic acids is 3. The van der Waals surface area contributed by atoms with Gasteiger partial charge in [-0.15, -0.1) is 12.4 Å². The number of halogens is 1. The number of fused-ring (bicyclic) bond motifs is 1. The van der Waals surface area contributed by atoms with Gasteiger partial charge in [-0.05, 0) is 55.1 Å². The number of carbonyl (C=O) groups is 3.